The van der Waals surface area contributed by atoms with Gasteiger partial charge in [0.25, 0.3) is 0 Å². The summed E-state index contributed by atoms with van der Waals surface area (Å²) in [6.45, 7) is 0.328. The zero-order valence-electron chi connectivity index (χ0n) is 16.3. The fourth-order valence-electron chi connectivity index (χ4n) is 3.97. The van der Waals surface area contributed by atoms with Gasteiger partial charge in [-0.1, -0.05) is 0 Å². The van der Waals surface area contributed by atoms with Gasteiger partial charge in [-0.15, -0.1) is 0 Å². The van der Waals surface area contributed by atoms with Crippen molar-refractivity contribution in [1.82, 2.24) is 5.32 Å². The number of hydrogen-bond donors (Lipinski definition) is 4. The first kappa shape index (κ1) is 21.0. The van der Waals surface area contributed by atoms with E-state index in [1.165, 1.54) is 30.3 Å². The second-order valence-corrected chi connectivity index (χ2v) is 7.83. The highest BCUT2D eigenvalue weighted by Gasteiger charge is 2.32. The highest BCUT2D eigenvalue weighted by atomic mass is 19.1. The van der Waals surface area contributed by atoms with Crippen molar-refractivity contribution in [2.75, 3.05) is 13.1 Å². The number of hydrogen-bond acceptors (Lipinski definition) is 6. The van der Waals surface area contributed by atoms with Gasteiger partial charge >= 0.3 is 0 Å². The van der Waals surface area contributed by atoms with Crippen molar-refractivity contribution < 1.29 is 33.6 Å². The summed E-state index contributed by atoms with van der Waals surface area (Å²) in [5, 5.41) is 34.1. The molecule has 2 aliphatic heterocycles. The monoisotopic (exact) mass is 421 g/mol. The van der Waals surface area contributed by atoms with E-state index in [9.17, 15) is 24.1 Å². The highest BCUT2D eigenvalue weighted by Crippen LogP contribution is 2.36. The van der Waals surface area contributed by atoms with Crippen LogP contribution < -0.4 is 14.8 Å². The number of ether oxygens (including phenoxy) is 2. The van der Waals surface area contributed by atoms with Gasteiger partial charge in [-0.2, -0.15) is 0 Å². The predicted octanol–water partition coefficient (Wildman–Crippen LogP) is 1.85. The van der Waals surface area contributed by atoms with Gasteiger partial charge < -0.3 is 30.1 Å². The summed E-state index contributed by atoms with van der Waals surface area (Å²) < 4.78 is 38.1. The third-order valence-corrected chi connectivity index (χ3v) is 5.63. The molecule has 5 atom stereocenters. The van der Waals surface area contributed by atoms with Crippen LogP contribution in [0.1, 0.15) is 30.1 Å². The summed E-state index contributed by atoms with van der Waals surface area (Å²) in [5.41, 5.74) is 1.16. The van der Waals surface area contributed by atoms with Gasteiger partial charge in [0.2, 0.25) is 0 Å². The topological polar surface area (TPSA) is 91.2 Å². The minimum Gasteiger partial charge on any atom is -0.487 e. The van der Waals surface area contributed by atoms with Crippen LogP contribution in [-0.2, 0) is 6.42 Å². The molecule has 2 aliphatic rings. The molecule has 0 aromatic heterocycles. The van der Waals surface area contributed by atoms with Crippen molar-refractivity contribution >= 4 is 0 Å². The largest absolute Gasteiger partial charge is 0.487 e. The summed E-state index contributed by atoms with van der Waals surface area (Å²) in [6, 6.07) is 8.24. The smallest absolute Gasteiger partial charge is 0.129 e. The number of rotatable bonds is 6. The molecule has 0 spiro atoms. The third kappa shape index (κ3) is 4.57. The Balaban J connectivity index is 1.26. The average molecular weight is 421 g/mol. The van der Waals surface area contributed by atoms with Gasteiger partial charge in [-0.25, -0.2) is 8.78 Å². The van der Waals surface area contributed by atoms with Gasteiger partial charge in [0, 0.05) is 25.1 Å². The van der Waals surface area contributed by atoms with E-state index < -0.39 is 36.3 Å². The SMILES string of the molecule is O[C@H](CNC[C@H](O)[C@@H]1C[C@H](O)c2cc(F)ccc2O1)[C@H]1CCc2cc(F)ccc2O1. The van der Waals surface area contributed by atoms with Gasteiger partial charge in [0.05, 0.1) is 6.10 Å². The maximum absolute atomic E-state index is 13.3. The third-order valence-electron chi connectivity index (χ3n) is 5.63. The molecule has 0 saturated carbocycles. The number of fused-ring (bicyclic) bond motifs is 2. The maximum Gasteiger partial charge on any atom is 0.129 e. The molecule has 2 aromatic rings. The highest BCUT2D eigenvalue weighted by molar-refractivity contribution is 5.38. The van der Waals surface area contributed by atoms with Crippen LogP contribution in [0.4, 0.5) is 8.78 Å². The van der Waals surface area contributed by atoms with Gasteiger partial charge in [0.15, 0.2) is 0 Å². The lowest BCUT2D eigenvalue weighted by molar-refractivity contribution is -0.0175. The molecule has 4 N–H and O–H groups in total. The molecule has 4 rings (SSSR count). The molecular weight excluding hydrogens is 396 g/mol. The van der Waals surface area contributed by atoms with Crippen LogP contribution in [0.25, 0.3) is 0 Å². The van der Waals surface area contributed by atoms with E-state index in [4.69, 9.17) is 9.47 Å². The Labute approximate surface area is 173 Å². The molecule has 0 aliphatic carbocycles. The number of benzene rings is 2. The van der Waals surface area contributed by atoms with E-state index in [0.29, 0.717) is 29.9 Å². The lowest BCUT2D eigenvalue weighted by Gasteiger charge is -2.33. The van der Waals surface area contributed by atoms with Crippen molar-refractivity contribution in [1.29, 1.82) is 0 Å². The second kappa shape index (κ2) is 8.85. The first-order valence-corrected chi connectivity index (χ1v) is 10.1. The molecular formula is C22H25F2NO5. The molecule has 8 heteroatoms. The molecule has 2 heterocycles. The number of nitrogens with one attached hydrogen (secondary N) is 1. The zero-order chi connectivity index (χ0) is 21.3. The Morgan fingerprint density at radius 2 is 1.57 bits per heavy atom. The maximum atomic E-state index is 13.3. The van der Waals surface area contributed by atoms with Crippen LogP contribution in [0.5, 0.6) is 11.5 Å². The summed E-state index contributed by atoms with van der Waals surface area (Å²) >= 11 is 0. The standard InChI is InChI=1S/C22H25F2NO5/c23-13-2-5-19-12(7-13)1-4-21(29-19)17(27)10-25-11-18(28)22-9-16(26)15-8-14(24)3-6-20(15)30-22/h2-3,5-8,16-18,21-22,25-28H,1,4,9-11H2/t16-,17+,18-,21+,22-/m0/s1. The molecule has 30 heavy (non-hydrogen) atoms. The van der Waals surface area contributed by atoms with E-state index in [1.807, 2.05) is 0 Å². The second-order valence-electron chi connectivity index (χ2n) is 7.83. The van der Waals surface area contributed by atoms with Crippen molar-refractivity contribution in [3.63, 3.8) is 0 Å². The Morgan fingerprint density at radius 1 is 0.933 bits per heavy atom. The zero-order valence-corrected chi connectivity index (χ0v) is 16.3. The fraction of sp³-hybridized carbons (Fsp3) is 0.455. The lowest BCUT2D eigenvalue weighted by Crippen LogP contribution is -2.46. The van der Waals surface area contributed by atoms with E-state index >= 15 is 0 Å². The first-order valence-electron chi connectivity index (χ1n) is 10.1. The lowest BCUT2D eigenvalue weighted by atomic mass is 9.96. The molecule has 0 saturated heterocycles. The minimum atomic E-state index is -0.930. The van der Waals surface area contributed by atoms with Crippen LogP contribution in [-0.4, -0.2) is 52.8 Å². The molecule has 0 unspecified atom stereocenters. The molecule has 2 aromatic carbocycles. The van der Waals surface area contributed by atoms with Crippen LogP contribution in [0.3, 0.4) is 0 Å². The quantitative estimate of drug-likeness (QED) is 0.569. The number of halogens is 2. The van der Waals surface area contributed by atoms with E-state index in [2.05, 4.69) is 5.32 Å². The van der Waals surface area contributed by atoms with Gasteiger partial charge in [-0.3, -0.25) is 0 Å². The molecule has 0 fully saturated rings. The molecule has 162 valence electrons. The summed E-state index contributed by atoms with van der Waals surface area (Å²) in [5.74, 6) is 0.162. The van der Waals surface area contributed by atoms with Crippen molar-refractivity contribution in [2.24, 2.45) is 0 Å². The molecule has 0 bridgehead atoms. The van der Waals surface area contributed by atoms with Crippen LogP contribution >= 0.6 is 0 Å². The van der Waals surface area contributed by atoms with Gasteiger partial charge in [-0.05, 0) is 54.8 Å². The average Bonchev–Trinajstić information content (AvgIpc) is 2.73. The Hall–Kier alpha value is -2.26. The first-order chi connectivity index (χ1) is 14.4. The minimum absolute atomic E-state index is 0.138. The normalized spacial score (nSPS) is 24.8. The molecule has 6 nitrogen and oxygen atoms in total. The van der Waals surface area contributed by atoms with Crippen molar-refractivity contribution in [3.8, 4) is 11.5 Å². The summed E-state index contributed by atoms with van der Waals surface area (Å²) in [6.07, 6.45) is -2.43. The molecule has 0 radical (unpaired) electrons. The van der Waals surface area contributed by atoms with Gasteiger partial charge in [0.1, 0.15) is 47.5 Å². The predicted molar refractivity (Wildman–Crippen MR) is 104 cm³/mol. The number of aliphatic hydroxyl groups is 3. The Kier molecular flexibility index (Phi) is 6.19. The number of aliphatic hydroxyl groups excluding tert-OH is 3. The van der Waals surface area contributed by atoms with Crippen molar-refractivity contribution in [3.05, 3.63) is 59.2 Å². The Bertz CT molecular complexity index is 896. The fourth-order valence-corrected chi connectivity index (χ4v) is 3.97. The van der Waals surface area contributed by atoms with E-state index in [1.54, 1.807) is 6.07 Å². The van der Waals surface area contributed by atoms with Crippen LogP contribution in [0.15, 0.2) is 36.4 Å². The summed E-state index contributed by atoms with van der Waals surface area (Å²) in [7, 11) is 0. The van der Waals surface area contributed by atoms with E-state index in [0.717, 1.165) is 5.56 Å². The Morgan fingerprint density at radius 3 is 2.33 bits per heavy atom. The van der Waals surface area contributed by atoms with Crippen LogP contribution in [0, 0.1) is 11.6 Å². The molecule has 0 amide bonds. The van der Waals surface area contributed by atoms with Crippen molar-refractivity contribution in [2.45, 2.75) is 49.8 Å². The summed E-state index contributed by atoms with van der Waals surface area (Å²) in [4.78, 5) is 0. The number of aryl methyl sites for hydroxylation is 1. The van der Waals surface area contributed by atoms with E-state index in [-0.39, 0.29) is 25.3 Å². The van der Waals surface area contributed by atoms with Crippen LogP contribution in [0.2, 0.25) is 0 Å².